The van der Waals surface area contributed by atoms with Crippen molar-refractivity contribution in [1.29, 1.82) is 0 Å². The molecule has 0 aliphatic rings. The van der Waals surface area contributed by atoms with Crippen LogP contribution in [-0.4, -0.2) is 17.8 Å². The van der Waals surface area contributed by atoms with Gasteiger partial charge in [0.05, 0.1) is 6.61 Å². The van der Waals surface area contributed by atoms with Gasteiger partial charge in [0.15, 0.2) is 0 Å². The molecular weight excluding hydrogens is 212 g/mol. The van der Waals surface area contributed by atoms with E-state index in [0.717, 1.165) is 12.5 Å². The largest absolute Gasteiger partial charge is 0.395 e. The van der Waals surface area contributed by atoms with Gasteiger partial charge in [0, 0.05) is 23.7 Å². The van der Waals surface area contributed by atoms with E-state index in [9.17, 15) is 8.78 Å². The van der Waals surface area contributed by atoms with Gasteiger partial charge in [0.2, 0.25) is 0 Å². The Morgan fingerprint density at radius 3 is 2.56 bits per heavy atom. The second-order valence-electron chi connectivity index (χ2n) is 3.84. The fourth-order valence-electron chi connectivity index (χ4n) is 1.60. The van der Waals surface area contributed by atoms with Crippen LogP contribution < -0.4 is 5.32 Å². The summed E-state index contributed by atoms with van der Waals surface area (Å²) in [6.07, 6.45) is 0.754. The van der Waals surface area contributed by atoms with Gasteiger partial charge in [-0.3, -0.25) is 0 Å². The molecule has 90 valence electrons. The van der Waals surface area contributed by atoms with Crippen LogP contribution in [0.25, 0.3) is 0 Å². The van der Waals surface area contributed by atoms with Gasteiger partial charge in [-0.15, -0.1) is 0 Å². The molecule has 0 aliphatic heterocycles. The molecule has 0 spiro atoms. The van der Waals surface area contributed by atoms with Crippen LogP contribution >= 0.6 is 0 Å². The van der Waals surface area contributed by atoms with Crippen LogP contribution in [-0.2, 0) is 0 Å². The third-order valence-corrected chi connectivity index (χ3v) is 2.63. The second-order valence-corrected chi connectivity index (χ2v) is 3.84. The Labute approximate surface area is 94.3 Å². The number of nitrogens with one attached hydrogen (secondary N) is 1. The van der Waals surface area contributed by atoms with E-state index in [-0.39, 0.29) is 18.7 Å². The highest BCUT2D eigenvalue weighted by Gasteiger charge is 2.14. The van der Waals surface area contributed by atoms with Crippen molar-refractivity contribution in [2.45, 2.75) is 32.4 Å². The van der Waals surface area contributed by atoms with Crippen molar-refractivity contribution in [2.75, 3.05) is 6.61 Å². The monoisotopic (exact) mass is 229 g/mol. The lowest BCUT2D eigenvalue weighted by Crippen LogP contribution is -2.34. The number of aliphatic hydroxyl groups is 1. The maximum Gasteiger partial charge on any atom is 0.130 e. The Morgan fingerprint density at radius 1 is 1.38 bits per heavy atom. The van der Waals surface area contributed by atoms with Gasteiger partial charge < -0.3 is 10.4 Å². The van der Waals surface area contributed by atoms with Crippen LogP contribution in [0.15, 0.2) is 18.2 Å². The smallest absolute Gasteiger partial charge is 0.130 e. The first-order valence-electron chi connectivity index (χ1n) is 5.40. The highest BCUT2D eigenvalue weighted by molar-refractivity contribution is 5.21. The van der Waals surface area contributed by atoms with Crippen molar-refractivity contribution in [2.24, 2.45) is 0 Å². The summed E-state index contributed by atoms with van der Waals surface area (Å²) < 4.78 is 26.1. The molecule has 0 amide bonds. The Hall–Kier alpha value is -1.00. The van der Waals surface area contributed by atoms with Crippen LogP contribution in [0.3, 0.4) is 0 Å². The normalized spacial score (nSPS) is 14.8. The van der Waals surface area contributed by atoms with E-state index in [4.69, 9.17) is 5.11 Å². The van der Waals surface area contributed by atoms with Crippen molar-refractivity contribution >= 4 is 0 Å². The van der Waals surface area contributed by atoms with E-state index in [1.165, 1.54) is 12.1 Å². The van der Waals surface area contributed by atoms with Crippen molar-refractivity contribution in [1.82, 2.24) is 5.32 Å². The molecule has 2 N–H and O–H groups in total. The Kier molecular flexibility index (Phi) is 4.83. The maximum absolute atomic E-state index is 13.4. The molecule has 0 fully saturated rings. The topological polar surface area (TPSA) is 32.3 Å². The zero-order chi connectivity index (χ0) is 12.1. The standard InChI is InChI=1S/C12H17F2NO/c1-3-10(7-16)15-8(2)11-5-4-9(13)6-12(11)14/h4-6,8,10,15-16H,3,7H2,1-2H3/t8?,10-/m1/s1. The summed E-state index contributed by atoms with van der Waals surface area (Å²) in [4.78, 5) is 0. The number of hydrogen-bond acceptors (Lipinski definition) is 2. The molecule has 1 rings (SSSR count). The predicted octanol–water partition coefficient (Wildman–Crippen LogP) is 2.39. The summed E-state index contributed by atoms with van der Waals surface area (Å²) in [6.45, 7) is 3.72. The van der Waals surface area contributed by atoms with Gasteiger partial charge in [0.1, 0.15) is 11.6 Å². The summed E-state index contributed by atoms with van der Waals surface area (Å²) in [6, 6.07) is 3.20. The van der Waals surface area contributed by atoms with E-state index >= 15 is 0 Å². The lowest BCUT2D eigenvalue weighted by atomic mass is 10.1. The van der Waals surface area contributed by atoms with Gasteiger partial charge in [-0.25, -0.2) is 8.78 Å². The van der Waals surface area contributed by atoms with Crippen LogP contribution in [0.1, 0.15) is 31.9 Å². The fourth-order valence-corrected chi connectivity index (χ4v) is 1.60. The van der Waals surface area contributed by atoms with E-state index in [1.807, 2.05) is 6.92 Å². The number of halogens is 2. The number of benzene rings is 1. The van der Waals surface area contributed by atoms with Crippen molar-refractivity contribution in [3.05, 3.63) is 35.4 Å². The van der Waals surface area contributed by atoms with Crippen LogP contribution in [0, 0.1) is 11.6 Å². The van der Waals surface area contributed by atoms with Crippen molar-refractivity contribution < 1.29 is 13.9 Å². The molecule has 16 heavy (non-hydrogen) atoms. The number of hydrogen-bond donors (Lipinski definition) is 2. The molecule has 0 saturated heterocycles. The van der Waals surface area contributed by atoms with E-state index in [0.29, 0.717) is 5.56 Å². The average molecular weight is 229 g/mol. The van der Waals surface area contributed by atoms with Crippen LogP contribution in [0.2, 0.25) is 0 Å². The van der Waals surface area contributed by atoms with Crippen LogP contribution in [0.4, 0.5) is 8.78 Å². The molecule has 0 radical (unpaired) electrons. The quantitative estimate of drug-likeness (QED) is 0.812. The third kappa shape index (κ3) is 3.25. The first kappa shape index (κ1) is 13.1. The summed E-state index contributed by atoms with van der Waals surface area (Å²) in [7, 11) is 0. The molecule has 0 heterocycles. The third-order valence-electron chi connectivity index (χ3n) is 2.63. The van der Waals surface area contributed by atoms with Gasteiger partial charge in [0.25, 0.3) is 0 Å². The molecule has 0 aliphatic carbocycles. The molecule has 2 nitrogen and oxygen atoms in total. The Balaban J connectivity index is 2.76. The average Bonchev–Trinajstić information content (AvgIpc) is 2.25. The lowest BCUT2D eigenvalue weighted by molar-refractivity contribution is 0.229. The van der Waals surface area contributed by atoms with Gasteiger partial charge >= 0.3 is 0 Å². The highest BCUT2D eigenvalue weighted by Crippen LogP contribution is 2.18. The minimum Gasteiger partial charge on any atom is -0.395 e. The van der Waals surface area contributed by atoms with Gasteiger partial charge in [-0.2, -0.15) is 0 Å². The van der Waals surface area contributed by atoms with Crippen molar-refractivity contribution in [3.63, 3.8) is 0 Å². The van der Waals surface area contributed by atoms with Gasteiger partial charge in [-0.1, -0.05) is 13.0 Å². The van der Waals surface area contributed by atoms with Crippen molar-refractivity contribution in [3.8, 4) is 0 Å². The predicted molar refractivity (Wildman–Crippen MR) is 59.1 cm³/mol. The molecular formula is C12H17F2NO. The first-order valence-corrected chi connectivity index (χ1v) is 5.40. The SMILES string of the molecule is CC[C@H](CO)NC(C)c1ccc(F)cc1F. The minimum atomic E-state index is -0.581. The molecule has 1 aromatic carbocycles. The van der Waals surface area contributed by atoms with E-state index in [1.54, 1.807) is 6.92 Å². The maximum atomic E-state index is 13.4. The number of rotatable bonds is 5. The summed E-state index contributed by atoms with van der Waals surface area (Å²) >= 11 is 0. The summed E-state index contributed by atoms with van der Waals surface area (Å²) in [5.41, 5.74) is 0.410. The summed E-state index contributed by atoms with van der Waals surface area (Å²) in [5.74, 6) is -1.14. The molecule has 0 saturated carbocycles. The first-order chi connectivity index (χ1) is 7.58. The van der Waals surface area contributed by atoms with Gasteiger partial charge in [-0.05, 0) is 19.4 Å². The minimum absolute atomic E-state index is 0.00362. The molecule has 1 unspecified atom stereocenters. The molecule has 1 aromatic rings. The molecule has 0 bridgehead atoms. The zero-order valence-corrected chi connectivity index (χ0v) is 9.50. The molecule has 2 atom stereocenters. The van der Waals surface area contributed by atoms with E-state index < -0.39 is 11.6 Å². The summed E-state index contributed by atoms with van der Waals surface area (Å²) in [5, 5.41) is 12.1. The Morgan fingerprint density at radius 2 is 2.06 bits per heavy atom. The molecule has 0 aromatic heterocycles. The van der Waals surface area contributed by atoms with Crippen LogP contribution in [0.5, 0.6) is 0 Å². The van der Waals surface area contributed by atoms with E-state index in [2.05, 4.69) is 5.32 Å². The second kappa shape index (κ2) is 5.92. The highest BCUT2D eigenvalue weighted by atomic mass is 19.1. The number of aliphatic hydroxyl groups excluding tert-OH is 1. The fraction of sp³-hybridized carbons (Fsp3) is 0.500. The molecule has 4 heteroatoms. The zero-order valence-electron chi connectivity index (χ0n) is 9.50. The lowest BCUT2D eigenvalue weighted by Gasteiger charge is -2.21. The Bertz CT molecular complexity index is 340.